The number of aromatic nitrogens is 2. The first-order chi connectivity index (χ1) is 10.6. The number of likely N-dealkylation sites (tertiary alicyclic amines) is 1. The van der Waals surface area contributed by atoms with Gasteiger partial charge in [0.05, 0.1) is 6.10 Å². The SMILES string of the molecule is CC(C)n1nccc1C(=O)N[C@@H]1CCC[C@@H]1N1CCC(O)C1. The van der Waals surface area contributed by atoms with Gasteiger partial charge in [-0.2, -0.15) is 5.10 Å². The number of nitrogens with one attached hydrogen (secondary N) is 1. The highest BCUT2D eigenvalue weighted by atomic mass is 16.3. The zero-order valence-electron chi connectivity index (χ0n) is 13.4. The fraction of sp³-hybridized carbons (Fsp3) is 0.750. The number of nitrogens with zero attached hydrogens (tertiary/aromatic N) is 3. The molecule has 6 nitrogen and oxygen atoms in total. The minimum atomic E-state index is -0.209. The van der Waals surface area contributed by atoms with Gasteiger partial charge in [-0.1, -0.05) is 0 Å². The Morgan fingerprint density at radius 2 is 2.23 bits per heavy atom. The summed E-state index contributed by atoms with van der Waals surface area (Å²) in [7, 11) is 0. The van der Waals surface area contributed by atoms with Crippen molar-refractivity contribution in [3.05, 3.63) is 18.0 Å². The lowest BCUT2D eigenvalue weighted by atomic mass is 10.1. The number of carbonyl (C=O) groups is 1. The van der Waals surface area contributed by atoms with Crippen molar-refractivity contribution in [2.24, 2.45) is 0 Å². The average molecular weight is 306 g/mol. The second kappa shape index (κ2) is 6.38. The van der Waals surface area contributed by atoms with Gasteiger partial charge in [-0.15, -0.1) is 0 Å². The molecule has 1 aromatic rings. The number of carbonyl (C=O) groups excluding carboxylic acids is 1. The fourth-order valence-corrected chi connectivity index (χ4v) is 3.76. The molecule has 3 atom stereocenters. The summed E-state index contributed by atoms with van der Waals surface area (Å²) in [5.41, 5.74) is 0.627. The molecule has 0 radical (unpaired) electrons. The van der Waals surface area contributed by atoms with Gasteiger partial charge < -0.3 is 10.4 Å². The van der Waals surface area contributed by atoms with E-state index in [2.05, 4.69) is 15.3 Å². The van der Waals surface area contributed by atoms with E-state index >= 15 is 0 Å². The lowest BCUT2D eigenvalue weighted by molar-refractivity contribution is 0.0893. The molecule has 2 heterocycles. The first-order valence-electron chi connectivity index (χ1n) is 8.32. The second-order valence-corrected chi connectivity index (χ2v) is 6.77. The molecule has 0 aromatic carbocycles. The summed E-state index contributed by atoms with van der Waals surface area (Å²) in [6.45, 7) is 5.71. The third-order valence-electron chi connectivity index (χ3n) is 4.85. The molecule has 1 aliphatic carbocycles. The summed E-state index contributed by atoms with van der Waals surface area (Å²) < 4.78 is 1.76. The lowest BCUT2D eigenvalue weighted by Crippen LogP contribution is -2.48. The summed E-state index contributed by atoms with van der Waals surface area (Å²) in [5.74, 6) is -0.0390. The molecule has 1 aromatic heterocycles. The van der Waals surface area contributed by atoms with Crippen LogP contribution in [0, 0.1) is 0 Å². The standard InChI is InChI=1S/C16H26N4O2/c1-11(2)20-15(6-8-17-20)16(22)18-13-4-3-5-14(13)19-9-7-12(21)10-19/h6,8,11-14,21H,3-5,7,9-10H2,1-2H3,(H,18,22)/t12?,13-,14+/m1/s1. The third kappa shape index (κ3) is 3.03. The van der Waals surface area contributed by atoms with E-state index in [-0.39, 0.29) is 24.1 Å². The van der Waals surface area contributed by atoms with Gasteiger partial charge in [0.2, 0.25) is 0 Å². The normalized spacial score (nSPS) is 29.4. The number of hydrogen-bond acceptors (Lipinski definition) is 4. The zero-order valence-corrected chi connectivity index (χ0v) is 13.4. The lowest BCUT2D eigenvalue weighted by Gasteiger charge is -2.29. The largest absolute Gasteiger partial charge is 0.392 e. The quantitative estimate of drug-likeness (QED) is 0.876. The molecule has 2 N–H and O–H groups in total. The van der Waals surface area contributed by atoms with Crippen LogP contribution in [0.4, 0.5) is 0 Å². The van der Waals surface area contributed by atoms with E-state index in [1.54, 1.807) is 16.9 Å². The summed E-state index contributed by atoms with van der Waals surface area (Å²) in [6.07, 6.45) is 5.56. The van der Waals surface area contributed by atoms with Gasteiger partial charge >= 0.3 is 0 Å². The highest BCUT2D eigenvalue weighted by Gasteiger charge is 2.36. The maximum Gasteiger partial charge on any atom is 0.269 e. The topological polar surface area (TPSA) is 70.4 Å². The molecule has 3 rings (SSSR count). The van der Waals surface area contributed by atoms with Crippen molar-refractivity contribution in [3.63, 3.8) is 0 Å². The Hall–Kier alpha value is -1.40. The van der Waals surface area contributed by atoms with E-state index in [1.165, 1.54) is 0 Å². The van der Waals surface area contributed by atoms with Gasteiger partial charge in [-0.05, 0) is 45.6 Å². The van der Waals surface area contributed by atoms with E-state index in [1.807, 2.05) is 13.8 Å². The minimum absolute atomic E-state index is 0.0390. The van der Waals surface area contributed by atoms with Gasteiger partial charge in [-0.3, -0.25) is 14.4 Å². The van der Waals surface area contributed by atoms with Crippen molar-refractivity contribution in [1.29, 1.82) is 0 Å². The summed E-state index contributed by atoms with van der Waals surface area (Å²) in [6, 6.07) is 2.48. The Labute approximate surface area is 131 Å². The average Bonchev–Trinajstić information content (AvgIpc) is 3.17. The van der Waals surface area contributed by atoms with Gasteiger partial charge in [-0.25, -0.2) is 0 Å². The van der Waals surface area contributed by atoms with Crippen LogP contribution >= 0.6 is 0 Å². The summed E-state index contributed by atoms with van der Waals surface area (Å²) >= 11 is 0. The highest BCUT2D eigenvalue weighted by Crippen LogP contribution is 2.27. The molecule has 0 spiro atoms. The highest BCUT2D eigenvalue weighted by molar-refractivity contribution is 5.92. The molecule has 22 heavy (non-hydrogen) atoms. The molecule has 122 valence electrons. The zero-order chi connectivity index (χ0) is 15.7. The maximum atomic E-state index is 12.6. The molecule has 1 unspecified atom stereocenters. The second-order valence-electron chi connectivity index (χ2n) is 6.77. The van der Waals surface area contributed by atoms with E-state index < -0.39 is 0 Å². The van der Waals surface area contributed by atoms with Gasteiger partial charge in [0.25, 0.3) is 5.91 Å². The minimum Gasteiger partial charge on any atom is -0.392 e. The number of hydrogen-bond donors (Lipinski definition) is 2. The van der Waals surface area contributed by atoms with E-state index in [4.69, 9.17) is 0 Å². The van der Waals surface area contributed by atoms with E-state index in [0.29, 0.717) is 11.7 Å². The van der Waals surface area contributed by atoms with Gasteiger partial charge in [0, 0.05) is 37.4 Å². The Bertz CT molecular complexity index is 528. The van der Waals surface area contributed by atoms with Crippen LogP contribution in [0.5, 0.6) is 0 Å². The predicted octanol–water partition coefficient (Wildman–Crippen LogP) is 1.18. The smallest absolute Gasteiger partial charge is 0.269 e. The molecule has 1 aliphatic heterocycles. The first-order valence-corrected chi connectivity index (χ1v) is 8.32. The third-order valence-corrected chi connectivity index (χ3v) is 4.85. The Morgan fingerprint density at radius 1 is 1.41 bits per heavy atom. The molecule has 1 saturated carbocycles. The van der Waals surface area contributed by atoms with Crippen LogP contribution in [0.3, 0.4) is 0 Å². The van der Waals surface area contributed by atoms with Crippen LogP contribution in [0.25, 0.3) is 0 Å². The fourth-order valence-electron chi connectivity index (χ4n) is 3.76. The van der Waals surface area contributed by atoms with Crippen LogP contribution in [0.15, 0.2) is 12.3 Å². The molecule has 2 aliphatic rings. The Balaban J connectivity index is 1.66. The van der Waals surface area contributed by atoms with Crippen LogP contribution in [0.1, 0.15) is 56.1 Å². The van der Waals surface area contributed by atoms with E-state index in [9.17, 15) is 9.90 Å². The maximum absolute atomic E-state index is 12.6. The van der Waals surface area contributed by atoms with Crippen LogP contribution in [-0.2, 0) is 0 Å². The Kier molecular flexibility index (Phi) is 4.49. The molecular weight excluding hydrogens is 280 g/mol. The molecule has 1 saturated heterocycles. The van der Waals surface area contributed by atoms with Crippen LogP contribution in [-0.4, -0.2) is 57.0 Å². The van der Waals surface area contributed by atoms with Crippen molar-refractivity contribution in [2.45, 2.75) is 63.8 Å². The molecule has 1 amide bonds. The number of amides is 1. The number of β-amino-alcohol motifs (C(OH)–C–C–N with tert-alkyl or cyclic N) is 1. The Morgan fingerprint density at radius 3 is 2.91 bits per heavy atom. The van der Waals surface area contributed by atoms with Crippen molar-refractivity contribution in [2.75, 3.05) is 13.1 Å². The molecule has 6 heteroatoms. The molecule has 0 bridgehead atoms. The van der Waals surface area contributed by atoms with Crippen molar-refractivity contribution >= 4 is 5.91 Å². The first kappa shape index (κ1) is 15.5. The monoisotopic (exact) mass is 306 g/mol. The van der Waals surface area contributed by atoms with Crippen molar-refractivity contribution < 1.29 is 9.90 Å². The number of aliphatic hydroxyl groups is 1. The summed E-state index contributed by atoms with van der Waals surface area (Å²) in [5, 5.41) is 17.2. The molecule has 2 fully saturated rings. The predicted molar refractivity (Wildman–Crippen MR) is 83.7 cm³/mol. The van der Waals surface area contributed by atoms with Crippen molar-refractivity contribution in [1.82, 2.24) is 20.0 Å². The van der Waals surface area contributed by atoms with Gasteiger partial charge in [0.15, 0.2) is 0 Å². The number of rotatable bonds is 4. The molecular formula is C16H26N4O2. The van der Waals surface area contributed by atoms with E-state index in [0.717, 1.165) is 38.8 Å². The number of aliphatic hydroxyl groups excluding tert-OH is 1. The van der Waals surface area contributed by atoms with Crippen LogP contribution < -0.4 is 5.32 Å². The van der Waals surface area contributed by atoms with Gasteiger partial charge in [0.1, 0.15) is 5.69 Å². The summed E-state index contributed by atoms with van der Waals surface area (Å²) in [4.78, 5) is 14.9. The van der Waals surface area contributed by atoms with Crippen LogP contribution in [0.2, 0.25) is 0 Å². The van der Waals surface area contributed by atoms with Crippen molar-refractivity contribution in [3.8, 4) is 0 Å².